The van der Waals surface area contributed by atoms with Gasteiger partial charge in [0.15, 0.2) is 9.84 Å². The molecule has 0 spiro atoms. The molecule has 0 radical (unpaired) electrons. The standard InChI is InChI=1S/C23H24F3NO2S/c1-3-19-20-7-5-4-6-16(20)10-13-22(19)30(28,29)21(14-15-27-2)17-8-11-18(12-9-17)23(24,25)26/h4-13,21,27H,3,14-15H2,1-2H3. The van der Waals surface area contributed by atoms with Gasteiger partial charge in [0.1, 0.15) is 0 Å². The Hall–Kier alpha value is -2.38. The summed E-state index contributed by atoms with van der Waals surface area (Å²) < 4.78 is 66.2. The van der Waals surface area contributed by atoms with Crippen LogP contribution in [0.3, 0.4) is 0 Å². The Balaban J connectivity index is 2.13. The average molecular weight is 436 g/mol. The molecule has 160 valence electrons. The van der Waals surface area contributed by atoms with Crippen molar-refractivity contribution in [3.63, 3.8) is 0 Å². The third-order valence-corrected chi connectivity index (χ3v) is 7.55. The van der Waals surface area contributed by atoms with Gasteiger partial charge in [-0.05, 0) is 66.5 Å². The number of hydrogen-bond acceptors (Lipinski definition) is 3. The number of halogens is 3. The van der Waals surface area contributed by atoms with E-state index >= 15 is 0 Å². The molecule has 0 aliphatic heterocycles. The SMILES string of the molecule is CCc1c(S(=O)(=O)C(CCNC)c2ccc(C(F)(F)F)cc2)ccc2ccccc12. The van der Waals surface area contributed by atoms with Crippen LogP contribution in [0.4, 0.5) is 13.2 Å². The second-order valence-electron chi connectivity index (χ2n) is 7.16. The number of nitrogens with one attached hydrogen (secondary N) is 1. The Morgan fingerprint density at radius 3 is 2.23 bits per heavy atom. The monoisotopic (exact) mass is 435 g/mol. The number of fused-ring (bicyclic) bond motifs is 1. The highest BCUT2D eigenvalue weighted by molar-refractivity contribution is 7.91. The summed E-state index contributed by atoms with van der Waals surface area (Å²) in [6.07, 6.45) is -3.69. The average Bonchev–Trinajstić information content (AvgIpc) is 2.72. The molecule has 7 heteroatoms. The van der Waals surface area contributed by atoms with Crippen molar-refractivity contribution in [1.29, 1.82) is 0 Å². The molecule has 0 heterocycles. The van der Waals surface area contributed by atoms with E-state index in [1.165, 1.54) is 12.1 Å². The minimum atomic E-state index is -4.47. The zero-order chi connectivity index (χ0) is 21.9. The van der Waals surface area contributed by atoms with Crippen LogP contribution in [0.1, 0.15) is 35.3 Å². The summed E-state index contributed by atoms with van der Waals surface area (Å²) in [5, 5.41) is 3.82. The first-order valence-electron chi connectivity index (χ1n) is 9.76. The van der Waals surface area contributed by atoms with Crippen molar-refractivity contribution >= 4 is 20.6 Å². The fourth-order valence-corrected chi connectivity index (χ4v) is 5.87. The van der Waals surface area contributed by atoms with E-state index in [4.69, 9.17) is 0 Å². The Kier molecular flexibility index (Phi) is 6.53. The van der Waals surface area contributed by atoms with Gasteiger partial charge in [0.2, 0.25) is 0 Å². The zero-order valence-electron chi connectivity index (χ0n) is 16.8. The largest absolute Gasteiger partial charge is 0.416 e. The van der Waals surface area contributed by atoms with Crippen molar-refractivity contribution < 1.29 is 21.6 Å². The summed E-state index contributed by atoms with van der Waals surface area (Å²) in [6.45, 7) is 2.32. The molecule has 30 heavy (non-hydrogen) atoms. The smallest absolute Gasteiger partial charge is 0.320 e. The second kappa shape index (κ2) is 8.78. The van der Waals surface area contributed by atoms with Crippen LogP contribution in [0.2, 0.25) is 0 Å². The van der Waals surface area contributed by atoms with Crippen molar-refractivity contribution in [2.75, 3.05) is 13.6 Å². The normalized spacial score (nSPS) is 13.5. The molecule has 3 nitrogen and oxygen atoms in total. The van der Waals surface area contributed by atoms with Gasteiger partial charge in [-0.1, -0.05) is 49.4 Å². The summed E-state index contributed by atoms with van der Waals surface area (Å²) in [4.78, 5) is 0.240. The maximum absolute atomic E-state index is 13.7. The van der Waals surface area contributed by atoms with Gasteiger partial charge >= 0.3 is 6.18 Å². The molecular weight excluding hydrogens is 411 g/mol. The highest BCUT2D eigenvalue weighted by Gasteiger charge is 2.33. The maximum atomic E-state index is 13.7. The van der Waals surface area contributed by atoms with Gasteiger partial charge in [0.25, 0.3) is 0 Å². The number of alkyl halides is 3. The van der Waals surface area contributed by atoms with E-state index in [0.717, 1.165) is 28.5 Å². The molecular formula is C23H24F3NO2S. The topological polar surface area (TPSA) is 46.2 Å². The summed E-state index contributed by atoms with van der Waals surface area (Å²) in [5.41, 5.74) is 0.291. The van der Waals surface area contributed by atoms with Gasteiger partial charge in [-0.25, -0.2) is 8.42 Å². The number of benzene rings is 3. The maximum Gasteiger partial charge on any atom is 0.416 e. The van der Waals surface area contributed by atoms with Crippen LogP contribution in [0, 0.1) is 0 Å². The molecule has 3 aromatic rings. The first-order chi connectivity index (χ1) is 14.2. The molecule has 0 aliphatic rings. The van der Waals surface area contributed by atoms with E-state index < -0.39 is 26.8 Å². The van der Waals surface area contributed by atoms with E-state index in [1.807, 2.05) is 31.2 Å². The van der Waals surface area contributed by atoms with E-state index in [9.17, 15) is 21.6 Å². The van der Waals surface area contributed by atoms with E-state index in [0.29, 0.717) is 18.5 Å². The lowest BCUT2D eigenvalue weighted by molar-refractivity contribution is -0.137. The van der Waals surface area contributed by atoms with Crippen LogP contribution in [0.5, 0.6) is 0 Å². The van der Waals surface area contributed by atoms with Crippen molar-refractivity contribution in [1.82, 2.24) is 5.32 Å². The van der Waals surface area contributed by atoms with Crippen molar-refractivity contribution in [3.05, 3.63) is 77.4 Å². The predicted molar refractivity (Wildman–Crippen MR) is 113 cm³/mol. The minimum Gasteiger partial charge on any atom is -0.320 e. The molecule has 0 amide bonds. The highest BCUT2D eigenvalue weighted by atomic mass is 32.2. The lowest BCUT2D eigenvalue weighted by Crippen LogP contribution is -2.20. The van der Waals surface area contributed by atoms with Crippen LogP contribution in [0.15, 0.2) is 65.6 Å². The van der Waals surface area contributed by atoms with Gasteiger partial charge in [0.05, 0.1) is 15.7 Å². The highest BCUT2D eigenvalue weighted by Crippen LogP contribution is 2.37. The Morgan fingerprint density at radius 2 is 1.63 bits per heavy atom. The van der Waals surface area contributed by atoms with Crippen molar-refractivity contribution in [2.24, 2.45) is 0 Å². The van der Waals surface area contributed by atoms with Gasteiger partial charge in [-0.15, -0.1) is 0 Å². The Morgan fingerprint density at radius 1 is 0.967 bits per heavy atom. The molecule has 0 fully saturated rings. The van der Waals surface area contributed by atoms with Crippen LogP contribution in [-0.4, -0.2) is 22.0 Å². The third kappa shape index (κ3) is 4.37. The number of rotatable bonds is 7. The van der Waals surface area contributed by atoms with E-state index in [-0.39, 0.29) is 11.3 Å². The molecule has 1 unspecified atom stereocenters. The van der Waals surface area contributed by atoms with Crippen LogP contribution in [0.25, 0.3) is 10.8 Å². The van der Waals surface area contributed by atoms with Gasteiger partial charge in [0, 0.05) is 0 Å². The minimum absolute atomic E-state index is 0.240. The lowest BCUT2D eigenvalue weighted by Gasteiger charge is -2.21. The molecule has 3 aromatic carbocycles. The molecule has 1 atom stereocenters. The lowest BCUT2D eigenvalue weighted by atomic mass is 10.0. The first-order valence-corrected chi connectivity index (χ1v) is 11.3. The summed E-state index contributed by atoms with van der Waals surface area (Å²) in [7, 11) is -2.12. The first kappa shape index (κ1) is 22.3. The number of aryl methyl sites for hydroxylation is 1. The molecule has 0 saturated heterocycles. The molecule has 3 rings (SSSR count). The van der Waals surface area contributed by atoms with Crippen LogP contribution < -0.4 is 5.32 Å². The predicted octanol–water partition coefficient (Wildman–Crippen LogP) is 5.55. The number of hydrogen-bond donors (Lipinski definition) is 1. The molecule has 0 aromatic heterocycles. The van der Waals surface area contributed by atoms with Gasteiger partial charge in [-0.3, -0.25) is 0 Å². The second-order valence-corrected chi connectivity index (χ2v) is 9.26. The van der Waals surface area contributed by atoms with Crippen molar-refractivity contribution in [2.45, 2.75) is 36.1 Å². The Labute approximate surface area is 174 Å². The van der Waals surface area contributed by atoms with Gasteiger partial charge in [-0.2, -0.15) is 13.2 Å². The summed E-state index contributed by atoms with van der Waals surface area (Å²) in [5.74, 6) is 0. The van der Waals surface area contributed by atoms with E-state index in [2.05, 4.69) is 5.32 Å². The van der Waals surface area contributed by atoms with Gasteiger partial charge < -0.3 is 5.32 Å². The fourth-order valence-electron chi connectivity index (χ4n) is 3.76. The zero-order valence-corrected chi connectivity index (χ0v) is 17.6. The molecule has 0 bridgehead atoms. The molecule has 1 N–H and O–H groups in total. The summed E-state index contributed by atoms with van der Waals surface area (Å²) >= 11 is 0. The fraction of sp³-hybridized carbons (Fsp3) is 0.304. The van der Waals surface area contributed by atoms with Crippen molar-refractivity contribution in [3.8, 4) is 0 Å². The Bertz CT molecular complexity index is 1120. The van der Waals surface area contributed by atoms with Crippen LogP contribution in [-0.2, 0) is 22.4 Å². The number of sulfone groups is 1. The third-order valence-electron chi connectivity index (χ3n) is 5.30. The molecule has 0 saturated carbocycles. The molecule has 0 aliphatic carbocycles. The van der Waals surface area contributed by atoms with E-state index in [1.54, 1.807) is 19.2 Å². The quantitative estimate of drug-likeness (QED) is 0.530. The van der Waals surface area contributed by atoms with Crippen LogP contribution >= 0.6 is 0 Å². The summed E-state index contributed by atoms with van der Waals surface area (Å²) in [6, 6.07) is 15.4.